The van der Waals surface area contributed by atoms with Gasteiger partial charge in [0.1, 0.15) is 73.2 Å². The van der Waals surface area contributed by atoms with Gasteiger partial charge in [-0.05, 0) is 57.8 Å². The summed E-state index contributed by atoms with van der Waals surface area (Å²) < 4.78 is 34.5. The maximum atomic E-state index is 13.5. The summed E-state index contributed by atoms with van der Waals surface area (Å²) >= 11 is 0. The molecule has 3 aliphatic heterocycles. The third-order valence-corrected chi connectivity index (χ3v) is 20.1. The number of amides is 1. The molecule has 0 aromatic carbocycles. The zero-order chi connectivity index (χ0) is 72.5. The Morgan fingerprint density at radius 1 is 0.370 bits per heavy atom. The van der Waals surface area contributed by atoms with Gasteiger partial charge in [0, 0.05) is 6.42 Å². The number of ether oxygens (including phenoxy) is 6. The maximum Gasteiger partial charge on any atom is 0.220 e. The average Bonchev–Trinajstić information content (AvgIpc) is 0.783. The van der Waals surface area contributed by atoms with E-state index in [9.17, 15) is 61.0 Å². The smallest absolute Gasteiger partial charge is 0.220 e. The van der Waals surface area contributed by atoms with Crippen molar-refractivity contribution in [3.63, 3.8) is 0 Å². The topological polar surface area (TPSA) is 307 Å². The van der Waals surface area contributed by atoms with E-state index in [0.29, 0.717) is 12.8 Å². The summed E-state index contributed by atoms with van der Waals surface area (Å²) in [5.74, 6) is -0.238. The van der Waals surface area contributed by atoms with Crippen LogP contribution in [0.25, 0.3) is 0 Å². The van der Waals surface area contributed by atoms with Gasteiger partial charge in [0.05, 0.1) is 38.6 Å². The number of aliphatic hydroxyl groups excluding tert-OH is 11. The van der Waals surface area contributed by atoms with E-state index < -0.39 is 124 Å². The summed E-state index contributed by atoms with van der Waals surface area (Å²) in [6.45, 7) is 1.71. The molecule has 3 aliphatic rings. The monoisotopic (exact) mass is 1420 g/mol. The molecular weight excluding hydrogens is 1270 g/mol. The lowest BCUT2D eigenvalue weighted by Crippen LogP contribution is -2.66. The van der Waals surface area contributed by atoms with Crippen molar-refractivity contribution in [1.29, 1.82) is 0 Å². The number of hydrogen-bond acceptors (Lipinski definition) is 18. The molecule has 0 aliphatic carbocycles. The molecule has 584 valence electrons. The van der Waals surface area contributed by atoms with Crippen molar-refractivity contribution in [3.05, 3.63) is 60.8 Å². The quantitative estimate of drug-likeness (QED) is 0.0199. The van der Waals surface area contributed by atoms with E-state index in [2.05, 4.69) is 79.9 Å². The molecule has 100 heavy (non-hydrogen) atoms. The fraction of sp³-hybridized carbons (Fsp3) is 0.864. The normalized spacial score (nSPS) is 26.8. The molecule has 3 heterocycles. The third-order valence-electron chi connectivity index (χ3n) is 20.1. The Balaban J connectivity index is 1.27. The number of rotatable bonds is 64. The molecule has 0 aromatic heterocycles. The zero-order valence-corrected chi connectivity index (χ0v) is 62.4. The molecule has 0 bridgehead atoms. The van der Waals surface area contributed by atoms with E-state index in [0.717, 1.165) is 77.0 Å². The fourth-order valence-corrected chi connectivity index (χ4v) is 13.6. The number of nitrogens with one attached hydrogen (secondary N) is 1. The van der Waals surface area contributed by atoms with E-state index in [1.807, 2.05) is 0 Å². The van der Waals surface area contributed by atoms with Crippen molar-refractivity contribution in [2.24, 2.45) is 0 Å². The highest BCUT2D eigenvalue weighted by molar-refractivity contribution is 5.76. The molecular formula is C81H147NO18. The van der Waals surface area contributed by atoms with Crippen LogP contribution in [-0.4, -0.2) is 193 Å². The van der Waals surface area contributed by atoms with Crippen LogP contribution in [0, 0.1) is 0 Å². The molecule has 0 radical (unpaired) electrons. The van der Waals surface area contributed by atoms with Crippen molar-refractivity contribution < 1.29 is 89.4 Å². The Labute approximate surface area is 605 Å². The Morgan fingerprint density at radius 2 is 0.690 bits per heavy atom. The molecule has 0 spiro atoms. The van der Waals surface area contributed by atoms with Crippen molar-refractivity contribution >= 4 is 5.91 Å². The predicted octanol–water partition coefficient (Wildman–Crippen LogP) is 13.5. The van der Waals surface area contributed by atoms with Crippen LogP contribution in [0.5, 0.6) is 0 Å². The van der Waals surface area contributed by atoms with Gasteiger partial charge >= 0.3 is 0 Å². The van der Waals surface area contributed by atoms with Crippen molar-refractivity contribution in [2.75, 3.05) is 26.4 Å². The first-order valence-electron chi connectivity index (χ1n) is 40.5. The Bertz CT molecular complexity index is 2040. The lowest BCUT2D eigenvalue weighted by molar-refractivity contribution is -0.379. The van der Waals surface area contributed by atoms with Crippen LogP contribution in [0.1, 0.15) is 316 Å². The van der Waals surface area contributed by atoms with Gasteiger partial charge in [-0.15, -0.1) is 0 Å². The molecule has 3 rings (SSSR count). The zero-order valence-electron chi connectivity index (χ0n) is 62.4. The second-order valence-electron chi connectivity index (χ2n) is 28.9. The highest BCUT2D eigenvalue weighted by atomic mass is 16.8. The van der Waals surface area contributed by atoms with Gasteiger partial charge < -0.3 is 89.9 Å². The van der Waals surface area contributed by atoms with Crippen molar-refractivity contribution in [1.82, 2.24) is 5.32 Å². The molecule has 0 saturated carbocycles. The van der Waals surface area contributed by atoms with E-state index >= 15 is 0 Å². The summed E-state index contributed by atoms with van der Waals surface area (Å²) in [6, 6.07) is -0.886. The number of allylic oxidation sites excluding steroid dienone is 10. The summed E-state index contributed by atoms with van der Waals surface area (Å²) in [6.07, 6.45) is 52.0. The molecule has 19 nitrogen and oxygen atoms in total. The van der Waals surface area contributed by atoms with Gasteiger partial charge in [-0.1, -0.05) is 312 Å². The van der Waals surface area contributed by atoms with Crippen LogP contribution < -0.4 is 5.32 Å². The molecule has 17 unspecified atom stereocenters. The van der Waals surface area contributed by atoms with Crippen LogP contribution in [0.15, 0.2) is 60.8 Å². The largest absolute Gasteiger partial charge is 0.394 e. The van der Waals surface area contributed by atoms with Crippen LogP contribution in [0.4, 0.5) is 0 Å². The predicted molar refractivity (Wildman–Crippen MR) is 397 cm³/mol. The first kappa shape index (κ1) is 91.7. The third kappa shape index (κ3) is 41.4. The van der Waals surface area contributed by atoms with Gasteiger partial charge in [0.25, 0.3) is 0 Å². The van der Waals surface area contributed by atoms with E-state index in [-0.39, 0.29) is 18.9 Å². The Hall–Kier alpha value is -2.51. The standard InChI is InChI=1S/C81H147NO18/c1-3-5-7-9-11-13-15-17-19-20-21-22-23-24-25-26-27-28-29-30-31-32-33-34-35-36-37-38-39-40-41-42-43-44-45-47-49-51-53-55-57-59-69(87)82-64(65(86)58-56-54-52-50-48-46-18-16-14-12-10-8-6-4-2)63-95-79-75(93)72(90)77(67(61-84)97-79)100-81-76(94)73(91)78(68(62-85)98-81)99-80-74(92)71(89)70(88)66(60-83)96-80/h5,7,11,13,17,19,21-22,24-25,64-68,70-81,83-86,88-94H,3-4,6,8-10,12,14-16,18,20,23,26-63H2,1-2H3,(H,82,87)/b7-5-,13-11-,19-17-,22-21-,25-24-. The van der Waals surface area contributed by atoms with Gasteiger partial charge in [-0.2, -0.15) is 0 Å². The van der Waals surface area contributed by atoms with Gasteiger partial charge in [-0.25, -0.2) is 0 Å². The highest BCUT2D eigenvalue weighted by Crippen LogP contribution is 2.33. The number of unbranched alkanes of at least 4 members (excludes halogenated alkanes) is 38. The molecule has 3 fully saturated rings. The maximum absolute atomic E-state index is 13.5. The second kappa shape index (κ2) is 61.6. The molecule has 0 aromatic rings. The minimum atomic E-state index is -1.97. The van der Waals surface area contributed by atoms with Gasteiger partial charge in [-0.3, -0.25) is 4.79 Å². The van der Waals surface area contributed by atoms with Crippen molar-refractivity contribution in [3.8, 4) is 0 Å². The summed E-state index contributed by atoms with van der Waals surface area (Å²) in [4.78, 5) is 13.5. The number of hydrogen-bond donors (Lipinski definition) is 12. The van der Waals surface area contributed by atoms with Crippen LogP contribution in [-0.2, 0) is 33.2 Å². The number of carbonyl (C=O) groups excluding carboxylic acids is 1. The molecule has 19 heteroatoms. The van der Waals surface area contributed by atoms with E-state index in [1.165, 1.54) is 205 Å². The summed E-state index contributed by atoms with van der Waals surface area (Å²) in [5.41, 5.74) is 0. The van der Waals surface area contributed by atoms with Crippen LogP contribution >= 0.6 is 0 Å². The van der Waals surface area contributed by atoms with Crippen LogP contribution in [0.3, 0.4) is 0 Å². The first-order valence-corrected chi connectivity index (χ1v) is 40.5. The van der Waals surface area contributed by atoms with Crippen molar-refractivity contribution in [2.45, 2.75) is 420 Å². The summed E-state index contributed by atoms with van der Waals surface area (Å²) in [7, 11) is 0. The van der Waals surface area contributed by atoms with E-state index in [4.69, 9.17) is 28.4 Å². The van der Waals surface area contributed by atoms with Crippen LogP contribution in [0.2, 0.25) is 0 Å². The van der Waals surface area contributed by atoms with E-state index in [1.54, 1.807) is 0 Å². The summed E-state index contributed by atoms with van der Waals surface area (Å²) in [5, 5.41) is 121. The lowest BCUT2D eigenvalue weighted by Gasteiger charge is -2.48. The second-order valence-corrected chi connectivity index (χ2v) is 28.9. The number of aliphatic hydroxyl groups is 11. The fourth-order valence-electron chi connectivity index (χ4n) is 13.6. The lowest BCUT2D eigenvalue weighted by atomic mass is 9.96. The molecule has 12 N–H and O–H groups in total. The molecule has 17 atom stereocenters. The molecule has 1 amide bonds. The Kier molecular flexibility index (Phi) is 56.5. The van der Waals surface area contributed by atoms with Gasteiger partial charge in [0.2, 0.25) is 5.91 Å². The minimum absolute atomic E-state index is 0.238. The molecule has 3 saturated heterocycles. The minimum Gasteiger partial charge on any atom is -0.394 e. The highest BCUT2D eigenvalue weighted by Gasteiger charge is 2.54. The average molecular weight is 1420 g/mol. The number of carbonyl (C=O) groups is 1. The Morgan fingerprint density at radius 3 is 1.08 bits per heavy atom. The van der Waals surface area contributed by atoms with Gasteiger partial charge in [0.15, 0.2) is 18.9 Å². The first-order chi connectivity index (χ1) is 48.8. The SMILES string of the molecule is CC/C=C\C/C=C\C/C=C\C/C=C\C/C=C\CCCCCCCCCCCCCCCCCCCCCCCCCCCC(=O)NC(COC1OC(CO)C(OC2OC(CO)C(OC3OC(CO)C(O)C(O)C3O)C(O)C2O)C(O)C1O)C(O)CCCCCCCCCCCCCCCC.